The Morgan fingerprint density at radius 3 is 2.59 bits per heavy atom. The van der Waals surface area contributed by atoms with E-state index in [0.717, 1.165) is 26.0 Å². The molecule has 34 heavy (non-hydrogen) atoms. The van der Waals surface area contributed by atoms with Gasteiger partial charge in [0.25, 0.3) is 5.91 Å². The molecule has 1 amide bonds. The Balaban J connectivity index is 1.21. The van der Waals surface area contributed by atoms with Gasteiger partial charge in [0, 0.05) is 17.1 Å². The van der Waals surface area contributed by atoms with E-state index in [0.29, 0.717) is 28.2 Å². The van der Waals surface area contributed by atoms with Crippen molar-refractivity contribution < 1.29 is 9.59 Å². The molecule has 0 aliphatic rings. The van der Waals surface area contributed by atoms with Crippen LogP contribution in [0.4, 0.5) is 5.95 Å². The molecule has 6 rings (SSSR count). The molecule has 0 atom stereocenters. The van der Waals surface area contributed by atoms with Gasteiger partial charge in [-0.3, -0.25) is 19.9 Å². The molecular formula is C26H17N5O2S. The second-order valence-electron chi connectivity index (χ2n) is 7.86. The fourth-order valence-electron chi connectivity index (χ4n) is 3.86. The number of aromatic amines is 1. The van der Waals surface area contributed by atoms with E-state index >= 15 is 0 Å². The summed E-state index contributed by atoms with van der Waals surface area (Å²) in [5.41, 5.74) is 3.08. The SMILES string of the molecule is O=C(Cc1nc2ccccc2s1)c1ccc2nc(NC(=O)c3cc4ccccc4cn3)[nH]c2c1. The molecule has 0 aliphatic carbocycles. The summed E-state index contributed by atoms with van der Waals surface area (Å²) in [6, 6.07) is 22.6. The third kappa shape index (κ3) is 3.80. The van der Waals surface area contributed by atoms with Crippen molar-refractivity contribution in [1.29, 1.82) is 0 Å². The summed E-state index contributed by atoms with van der Waals surface area (Å²) in [5.74, 6) is -0.0934. The van der Waals surface area contributed by atoms with Crippen LogP contribution in [0.2, 0.25) is 0 Å². The Morgan fingerprint density at radius 2 is 1.71 bits per heavy atom. The minimum Gasteiger partial charge on any atom is -0.324 e. The van der Waals surface area contributed by atoms with Gasteiger partial charge in [-0.15, -0.1) is 11.3 Å². The number of pyridine rings is 1. The molecule has 0 bridgehead atoms. The van der Waals surface area contributed by atoms with Crippen LogP contribution < -0.4 is 5.32 Å². The highest BCUT2D eigenvalue weighted by Gasteiger charge is 2.15. The van der Waals surface area contributed by atoms with E-state index in [1.54, 1.807) is 30.5 Å². The number of Topliss-reactive ketones (excluding diaryl/α,β-unsaturated/α-hetero) is 1. The van der Waals surface area contributed by atoms with Crippen molar-refractivity contribution in [2.45, 2.75) is 6.42 Å². The summed E-state index contributed by atoms with van der Waals surface area (Å²) >= 11 is 1.53. The maximum absolute atomic E-state index is 12.9. The van der Waals surface area contributed by atoms with E-state index in [4.69, 9.17) is 0 Å². The lowest BCUT2D eigenvalue weighted by atomic mass is 10.1. The number of nitrogens with zero attached hydrogens (tertiary/aromatic N) is 3. The van der Waals surface area contributed by atoms with Gasteiger partial charge in [-0.25, -0.2) is 9.97 Å². The van der Waals surface area contributed by atoms with Gasteiger partial charge in [0.15, 0.2) is 5.78 Å². The Labute approximate surface area is 197 Å². The standard InChI is InChI=1S/C26H17N5O2S/c32-22(13-24-28-19-7-3-4-8-23(19)34-24)16-9-10-18-20(12-16)30-26(29-18)31-25(33)21-11-15-5-1-2-6-17(15)14-27-21/h1-12,14H,13H2,(H2,29,30,31,33). The third-order valence-electron chi connectivity index (χ3n) is 5.55. The van der Waals surface area contributed by atoms with Crippen molar-refractivity contribution >= 4 is 61.0 Å². The predicted molar refractivity (Wildman–Crippen MR) is 133 cm³/mol. The highest BCUT2D eigenvalue weighted by molar-refractivity contribution is 7.18. The summed E-state index contributed by atoms with van der Waals surface area (Å²) in [6.07, 6.45) is 1.91. The van der Waals surface area contributed by atoms with Crippen LogP contribution in [0.3, 0.4) is 0 Å². The molecule has 0 unspecified atom stereocenters. The van der Waals surface area contributed by atoms with Gasteiger partial charge in [0.05, 0.1) is 27.7 Å². The summed E-state index contributed by atoms with van der Waals surface area (Å²) < 4.78 is 1.07. The van der Waals surface area contributed by atoms with E-state index in [1.165, 1.54) is 11.3 Å². The van der Waals surface area contributed by atoms with Crippen LogP contribution in [0.25, 0.3) is 32.0 Å². The molecule has 0 saturated carbocycles. The zero-order valence-corrected chi connectivity index (χ0v) is 18.6. The van der Waals surface area contributed by atoms with E-state index in [9.17, 15) is 9.59 Å². The van der Waals surface area contributed by atoms with Crippen LogP contribution in [0, 0.1) is 0 Å². The number of anilines is 1. The first-order valence-corrected chi connectivity index (χ1v) is 11.5. The number of rotatable bonds is 5. The quantitative estimate of drug-likeness (QED) is 0.334. The average molecular weight is 464 g/mol. The number of thiazole rings is 1. The third-order valence-corrected chi connectivity index (χ3v) is 6.59. The number of carbonyl (C=O) groups is 2. The number of ketones is 1. The molecule has 6 aromatic rings. The maximum atomic E-state index is 12.9. The van der Waals surface area contributed by atoms with Gasteiger partial charge < -0.3 is 4.98 Å². The number of fused-ring (bicyclic) bond motifs is 3. The van der Waals surface area contributed by atoms with Crippen molar-refractivity contribution in [1.82, 2.24) is 19.9 Å². The van der Waals surface area contributed by atoms with E-state index in [1.807, 2.05) is 48.5 Å². The molecule has 7 nitrogen and oxygen atoms in total. The number of aromatic nitrogens is 4. The highest BCUT2D eigenvalue weighted by atomic mass is 32.1. The van der Waals surface area contributed by atoms with Gasteiger partial charge in [0.2, 0.25) is 5.95 Å². The largest absolute Gasteiger partial charge is 0.324 e. The predicted octanol–water partition coefficient (Wildman–Crippen LogP) is 5.40. The minimum absolute atomic E-state index is 0.0264. The molecule has 0 saturated heterocycles. The van der Waals surface area contributed by atoms with Gasteiger partial charge in [0.1, 0.15) is 10.7 Å². The van der Waals surface area contributed by atoms with E-state index < -0.39 is 0 Å². The van der Waals surface area contributed by atoms with Crippen LogP contribution in [0.1, 0.15) is 25.9 Å². The lowest BCUT2D eigenvalue weighted by molar-refractivity contribution is 0.0990. The number of imidazole rings is 1. The highest BCUT2D eigenvalue weighted by Crippen LogP contribution is 2.24. The molecule has 0 radical (unpaired) electrons. The number of H-pyrrole nitrogens is 1. The number of amides is 1. The van der Waals surface area contributed by atoms with E-state index in [-0.39, 0.29) is 18.1 Å². The molecule has 3 aromatic carbocycles. The van der Waals surface area contributed by atoms with Crippen molar-refractivity contribution in [2.75, 3.05) is 5.32 Å². The monoisotopic (exact) mass is 463 g/mol. The molecule has 2 N–H and O–H groups in total. The molecule has 3 aromatic heterocycles. The van der Waals surface area contributed by atoms with Gasteiger partial charge in [-0.1, -0.05) is 36.4 Å². The molecule has 0 fully saturated rings. The zero-order chi connectivity index (χ0) is 23.1. The lowest BCUT2D eigenvalue weighted by Gasteiger charge is -2.03. The topological polar surface area (TPSA) is 101 Å². The summed E-state index contributed by atoms with van der Waals surface area (Å²) in [4.78, 5) is 41.8. The van der Waals surface area contributed by atoms with Crippen molar-refractivity contribution in [3.05, 3.63) is 95.3 Å². The normalized spacial score (nSPS) is 11.3. The summed E-state index contributed by atoms with van der Waals surface area (Å²) in [6.45, 7) is 0. The second-order valence-corrected chi connectivity index (χ2v) is 8.98. The fraction of sp³-hybridized carbons (Fsp3) is 0.0385. The number of benzene rings is 3. The number of carbonyl (C=O) groups excluding carboxylic acids is 2. The number of para-hydroxylation sites is 1. The summed E-state index contributed by atoms with van der Waals surface area (Å²) in [7, 11) is 0. The van der Waals surface area contributed by atoms with Crippen LogP contribution in [-0.4, -0.2) is 31.6 Å². The molecule has 0 aliphatic heterocycles. The van der Waals surface area contributed by atoms with Gasteiger partial charge in [-0.2, -0.15) is 0 Å². The Hall–Kier alpha value is -4.43. The fourth-order valence-corrected chi connectivity index (χ4v) is 4.82. The van der Waals surface area contributed by atoms with E-state index in [2.05, 4.69) is 25.3 Å². The number of hydrogen-bond donors (Lipinski definition) is 2. The number of nitrogens with one attached hydrogen (secondary N) is 2. The van der Waals surface area contributed by atoms with Gasteiger partial charge >= 0.3 is 0 Å². The first-order valence-electron chi connectivity index (χ1n) is 10.7. The molecule has 164 valence electrons. The first-order chi connectivity index (χ1) is 16.6. The maximum Gasteiger partial charge on any atom is 0.276 e. The smallest absolute Gasteiger partial charge is 0.276 e. The zero-order valence-electron chi connectivity index (χ0n) is 17.8. The number of hydrogen-bond acceptors (Lipinski definition) is 6. The average Bonchev–Trinajstić information content (AvgIpc) is 3.45. The van der Waals surface area contributed by atoms with Crippen molar-refractivity contribution in [3.8, 4) is 0 Å². The lowest BCUT2D eigenvalue weighted by Crippen LogP contribution is -2.14. The second kappa shape index (κ2) is 8.17. The molecule has 3 heterocycles. The van der Waals surface area contributed by atoms with Crippen molar-refractivity contribution in [2.24, 2.45) is 0 Å². The molecule has 0 spiro atoms. The van der Waals surface area contributed by atoms with Crippen LogP contribution in [-0.2, 0) is 6.42 Å². The molecular weight excluding hydrogens is 446 g/mol. The van der Waals surface area contributed by atoms with Crippen molar-refractivity contribution in [3.63, 3.8) is 0 Å². The summed E-state index contributed by atoms with van der Waals surface area (Å²) in [5, 5.41) is 5.44. The Morgan fingerprint density at radius 1 is 0.882 bits per heavy atom. The van der Waals surface area contributed by atoms with Crippen LogP contribution in [0.15, 0.2) is 79.0 Å². The minimum atomic E-state index is -0.364. The van der Waals surface area contributed by atoms with Gasteiger partial charge in [-0.05, 0) is 41.8 Å². The Kier molecular flexibility index (Phi) is 4.85. The Bertz CT molecular complexity index is 1690. The molecule has 8 heteroatoms. The first kappa shape index (κ1) is 20.2. The van der Waals surface area contributed by atoms with Crippen LogP contribution >= 0.6 is 11.3 Å². The van der Waals surface area contributed by atoms with Crippen LogP contribution in [0.5, 0.6) is 0 Å².